The van der Waals surface area contributed by atoms with E-state index in [0.29, 0.717) is 0 Å². The molecule has 0 fully saturated rings. The summed E-state index contributed by atoms with van der Waals surface area (Å²) in [4.78, 5) is 10.5. The molecule has 0 saturated carbocycles. The molecule has 5 heteroatoms. The lowest BCUT2D eigenvalue weighted by Gasteiger charge is -2.09. The first-order valence-electron chi connectivity index (χ1n) is 3.55. The van der Waals surface area contributed by atoms with E-state index in [4.69, 9.17) is 16.6 Å². The number of nitrogens with two attached hydrogens (primary N) is 2. The van der Waals surface area contributed by atoms with Crippen molar-refractivity contribution in [3.05, 3.63) is 29.6 Å². The van der Waals surface area contributed by atoms with Crippen LogP contribution in [-0.2, 0) is 4.79 Å². The lowest BCUT2D eigenvalue weighted by atomic mass is 10.1. The molecule has 1 rings (SSSR count). The van der Waals surface area contributed by atoms with Gasteiger partial charge in [-0.15, -0.1) is 0 Å². The number of aliphatic carboxylic acids is 1. The Labute approximate surface area is 74.0 Å². The number of carboxylic acid groups (broad SMARTS) is 1. The number of anilines is 1. The molecule has 1 atom stereocenters. The summed E-state index contributed by atoms with van der Waals surface area (Å²) >= 11 is 0. The zero-order chi connectivity index (χ0) is 10.0. The first-order chi connectivity index (χ1) is 6.02. The van der Waals surface area contributed by atoms with Crippen molar-refractivity contribution in [2.24, 2.45) is 5.73 Å². The van der Waals surface area contributed by atoms with Gasteiger partial charge in [0.2, 0.25) is 0 Å². The second kappa shape index (κ2) is 3.40. The van der Waals surface area contributed by atoms with Crippen molar-refractivity contribution < 1.29 is 14.3 Å². The van der Waals surface area contributed by atoms with E-state index >= 15 is 0 Å². The van der Waals surface area contributed by atoms with E-state index in [-0.39, 0.29) is 11.3 Å². The van der Waals surface area contributed by atoms with Crippen LogP contribution in [-0.4, -0.2) is 11.1 Å². The summed E-state index contributed by atoms with van der Waals surface area (Å²) in [6.07, 6.45) is 0. The van der Waals surface area contributed by atoms with Crippen LogP contribution in [0.4, 0.5) is 10.1 Å². The van der Waals surface area contributed by atoms with E-state index in [1.807, 2.05) is 0 Å². The van der Waals surface area contributed by atoms with E-state index in [1.165, 1.54) is 6.07 Å². The Balaban J connectivity index is 3.12. The summed E-state index contributed by atoms with van der Waals surface area (Å²) in [6.45, 7) is 0. The molecule has 0 aromatic heterocycles. The van der Waals surface area contributed by atoms with Crippen LogP contribution in [0.1, 0.15) is 11.6 Å². The van der Waals surface area contributed by atoms with Gasteiger partial charge in [-0.25, -0.2) is 4.39 Å². The van der Waals surface area contributed by atoms with Crippen LogP contribution < -0.4 is 11.5 Å². The van der Waals surface area contributed by atoms with Crippen molar-refractivity contribution >= 4 is 11.7 Å². The minimum atomic E-state index is -1.28. The van der Waals surface area contributed by atoms with Gasteiger partial charge >= 0.3 is 5.97 Å². The maximum absolute atomic E-state index is 12.7. The van der Waals surface area contributed by atoms with E-state index < -0.39 is 17.8 Å². The van der Waals surface area contributed by atoms with Crippen molar-refractivity contribution in [3.63, 3.8) is 0 Å². The predicted molar refractivity (Wildman–Crippen MR) is 45.4 cm³/mol. The summed E-state index contributed by atoms with van der Waals surface area (Å²) in [6, 6.07) is 2.17. The van der Waals surface area contributed by atoms with E-state index in [9.17, 15) is 9.18 Å². The maximum atomic E-state index is 12.7. The SMILES string of the molecule is Nc1ccc(F)cc1C(N)C(=O)O. The first-order valence-corrected chi connectivity index (χ1v) is 3.55. The van der Waals surface area contributed by atoms with Gasteiger partial charge in [-0.1, -0.05) is 0 Å². The normalized spacial score (nSPS) is 12.5. The fraction of sp³-hybridized carbons (Fsp3) is 0.125. The van der Waals surface area contributed by atoms with Gasteiger partial charge in [-0.05, 0) is 18.2 Å². The summed E-state index contributed by atoms with van der Waals surface area (Å²) in [5.41, 5.74) is 10.9. The molecule has 1 aromatic carbocycles. The second-order valence-electron chi connectivity index (χ2n) is 2.59. The topological polar surface area (TPSA) is 89.3 Å². The molecule has 5 N–H and O–H groups in total. The van der Waals surface area contributed by atoms with Crippen LogP contribution in [0.2, 0.25) is 0 Å². The van der Waals surface area contributed by atoms with Crippen LogP contribution in [0.15, 0.2) is 18.2 Å². The van der Waals surface area contributed by atoms with Gasteiger partial charge in [-0.3, -0.25) is 4.79 Å². The molecule has 0 saturated heterocycles. The van der Waals surface area contributed by atoms with Gasteiger partial charge in [0.15, 0.2) is 0 Å². The second-order valence-corrected chi connectivity index (χ2v) is 2.59. The van der Waals surface area contributed by atoms with Gasteiger partial charge in [0, 0.05) is 11.3 Å². The number of halogens is 1. The molecular weight excluding hydrogens is 175 g/mol. The van der Waals surface area contributed by atoms with Crippen LogP contribution in [0, 0.1) is 5.82 Å². The van der Waals surface area contributed by atoms with Crippen molar-refractivity contribution in [2.45, 2.75) is 6.04 Å². The highest BCUT2D eigenvalue weighted by atomic mass is 19.1. The van der Waals surface area contributed by atoms with Crippen LogP contribution in [0.25, 0.3) is 0 Å². The average Bonchev–Trinajstić information content (AvgIpc) is 2.08. The number of carbonyl (C=O) groups is 1. The molecular formula is C8H9FN2O2. The molecule has 0 aliphatic rings. The van der Waals surface area contributed by atoms with Crippen molar-refractivity contribution in [1.29, 1.82) is 0 Å². The largest absolute Gasteiger partial charge is 0.480 e. The molecule has 4 nitrogen and oxygen atoms in total. The lowest BCUT2D eigenvalue weighted by Crippen LogP contribution is -2.21. The van der Waals surface area contributed by atoms with Crippen LogP contribution in [0.5, 0.6) is 0 Å². The molecule has 0 spiro atoms. The standard InChI is InChI=1S/C8H9FN2O2/c9-4-1-2-6(10)5(3-4)7(11)8(12)13/h1-3,7H,10-11H2,(H,12,13). The highest BCUT2D eigenvalue weighted by Crippen LogP contribution is 2.19. The number of nitrogen functional groups attached to an aromatic ring is 1. The first kappa shape index (κ1) is 9.47. The molecule has 1 aromatic rings. The Morgan fingerprint density at radius 1 is 1.54 bits per heavy atom. The maximum Gasteiger partial charge on any atom is 0.325 e. The molecule has 0 amide bonds. The van der Waals surface area contributed by atoms with E-state index in [2.05, 4.69) is 0 Å². The van der Waals surface area contributed by atoms with Crippen molar-refractivity contribution in [1.82, 2.24) is 0 Å². The minimum Gasteiger partial charge on any atom is -0.480 e. The molecule has 0 aliphatic carbocycles. The smallest absolute Gasteiger partial charge is 0.325 e. The van der Waals surface area contributed by atoms with Crippen molar-refractivity contribution in [3.8, 4) is 0 Å². The van der Waals surface area contributed by atoms with Gasteiger partial charge < -0.3 is 16.6 Å². The molecule has 1 unspecified atom stereocenters. The summed E-state index contributed by atoms with van der Waals surface area (Å²) in [5, 5.41) is 8.55. The van der Waals surface area contributed by atoms with Crippen LogP contribution in [0.3, 0.4) is 0 Å². The van der Waals surface area contributed by atoms with Gasteiger partial charge in [0.05, 0.1) is 0 Å². The molecule has 0 heterocycles. The molecule has 0 bridgehead atoms. The summed E-state index contributed by atoms with van der Waals surface area (Å²) in [7, 11) is 0. The number of benzene rings is 1. The number of carboxylic acids is 1. The Bertz CT molecular complexity index is 341. The van der Waals surface area contributed by atoms with E-state index in [0.717, 1.165) is 12.1 Å². The zero-order valence-corrected chi connectivity index (χ0v) is 6.70. The fourth-order valence-corrected chi connectivity index (χ4v) is 0.948. The number of hydrogen-bond acceptors (Lipinski definition) is 3. The molecule has 0 aliphatic heterocycles. The predicted octanol–water partition coefficient (Wildman–Crippen LogP) is 0.492. The quantitative estimate of drug-likeness (QED) is 0.583. The third kappa shape index (κ3) is 1.94. The minimum absolute atomic E-state index is 0.0903. The highest BCUT2D eigenvalue weighted by molar-refractivity contribution is 5.77. The highest BCUT2D eigenvalue weighted by Gasteiger charge is 2.17. The zero-order valence-electron chi connectivity index (χ0n) is 6.70. The monoisotopic (exact) mass is 184 g/mol. The Kier molecular flexibility index (Phi) is 2.48. The van der Waals surface area contributed by atoms with Gasteiger partial charge in [0.25, 0.3) is 0 Å². The Hall–Kier alpha value is -1.62. The number of rotatable bonds is 2. The Morgan fingerprint density at radius 2 is 2.15 bits per heavy atom. The fourth-order valence-electron chi connectivity index (χ4n) is 0.948. The third-order valence-corrected chi connectivity index (χ3v) is 1.65. The summed E-state index contributed by atoms with van der Waals surface area (Å²) in [5.74, 6) is -1.79. The summed E-state index contributed by atoms with van der Waals surface area (Å²) < 4.78 is 12.7. The Morgan fingerprint density at radius 3 is 2.69 bits per heavy atom. The number of hydrogen-bond donors (Lipinski definition) is 3. The third-order valence-electron chi connectivity index (χ3n) is 1.65. The van der Waals surface area contributed by atoms with Crippen molar-refractivity contribution in [2.75, 3.05) is 5.73 Å². The molecule has 70 valence electrons. The van der Waals surface area contributed by atoms with Gasteiger partial charge in [-0.2, -0.15) is 0 Å². The van der Waals surface area contributed by atoms with Crippen LogP contribution >= 0.6 is 0 Å². The van der Waals surface area contributed by atoms with E-state index in [1.54, 1.807) is 0 Å². The average molecular weight is 184 g/mol. The van der Waals surface area contributed by atoms with Gasteiger partial charge in [0.1, 0.15) is 11.9 Å². The molecule has 0 radical (unpaired) electrons. The lowest BCUT2D eigenvalue weighted by molar-refractivity contribution is -0.138. The molecule has 13 heavy (non-hydrogen) atoms.